The lowest BCUT2D eigenvalue weighted by molar-refractivity contribution is -0.906. The molecule has 1 aliphatic heterocycles. The molecule has 0 spiro atoms. The topological polar surface area (TPSA) is 46.9 Å². The van der Waals surface area contributed by atoms with Gasteiger partial charge >= 0.3 is 0 Å². The van der Waals surface area contributed by atoms with Gasteiger partial charge in [-0.25, -0.2) is 4.98 Å². The minimum absolute atomic E-state index is 0.0333. The zero-order chi connectivity index (χ0) is 20.4. The molecule has 6 heteroatoms. The summed E-state index contributed by atoms with van der Waals surface area (Å²) >= 11 is 1.60. The van der Waals surface area contributed by atoms with Gasteiger partial charge in [-0.15, -0.1) is 0 Å². The van der Waals surface area contributed by atoms with E-state index in [-0.39, 0.29) is 5.91 Å². The van der Waals surface area contributed by atoms with Crippen molar-refractivity contribution in [3.05, 3.63) is 58.7 Å². The van der Waals surface area contributed by atoms with Gasteiger partial charge < -0.3 is 9.64 Å². The first kappa shape index (κ1) is 20.0. The largest absolute Gasteiger partial charge is 0.370 e. The van der Waals surface area contributed by atoms with Crippen molar-refractivity contribution >= 4 is 32.6 Å². The molecule has 1 aliphatic rings. The van der Waals surface area contributed by atoms with Crippen molar-refractivity contribution in [1.82, 2.24) is 4.98 Å². The summed E-state index contributed by atoms with van der Waals surface area (Å²) in [5, 5.41) is 0.781. The average molecular weight is 411 g/mol. The van der Waals surface area contributed by atoms with E-state index in [9.17, 15) is 4.79 Å². The van der Waals surface area contributed by atoms with Gasteiger partial charge in [0.25, 0.3) is 5.91 Å². The van der Waals surface area contributed by atoms with Crippen LogP contribution in [0.25, 0.3) is 10.2 Å². The molecule has 0 aliphatic carbocycles. The van der Waals surface area contributed by atoms with Crippen LogP contribution in [0.2, 0.25) is 0 Å². The molecule has 2 heterocycles. The van der Waals surface area contributed by atoms with E-state index in [0.29, 0.717) is 6.54 Å². The van der Waals surface area contributed by atoms with E-state index in [1.807, 2.05) is 30.0 Å². The Morgan fingerprint density at radius 3 is 2.59 bits per heavy atom. The molecule has 0 unspecified atom stereocenters. The molecule has 3 aromatic rings. The Labute approximate surface area is 175 Å². The SMILES string of the molecule is Cc1ccc(C(=O)N(CC[NH+]2CCOCC2)c2nc3ccc(C)cc3s2)c(C)c1. The van der Waals surface area contributed by atoms with Crippen LogP contribution in [0.4, 0.5) is 5.13 Å². The third-order valence-electron chi connectivity index (χ3n) is 5.51. The Kier molecular flexibility index (Phi) is 5.94. The molecular weight excluding hydrogens is 382 g/mol. The quantitative estimate of drug-likeness (QED) is 0.704. The van der Waals surface area contributed by atoms with E-state index in [1.165, 1.54) is 16.0 Å². The number of carbonyl (C=O) groups is 1. The van der Waals surface area contributed by atoms with Crippen LogP contribution in [0.15, 0.2) is 36.4 Å². The van der Waals surface area contributed by atoms with Crippen LogP contribution < -0.4 is 9.80 Å². The van der Waals surface area contributed by atoms with Crippen molar-refractivity contribution < 1.29 is 14.4 Å². The summed E-state index contributed by atoms with van der Waals surface area (Å²) in [6, 6.07) is 12.3. The predicted octanol–water partition coefficient (Wildman–Crippen LogP) is 2.78. The van der Waals surface area contributed by atoms with Crippen LogP contribution in [0.3, 0.4) is 0 Å². The van der Waals surface area contributed by atoms with Crippen LogP contribution in [0, 0.1) is 20.8 Å². The summed E-state index contributed by atoms with van der Waals surface area (Å²) in [6.07, 6.45) is 0. The smallest absolute Gasteiger partial charge is 0.260 e. The zero-order valence-corrected chi connectivity index (χ0v) is 18.1. The highest BCUT2D eigenvalue weighted by Crippen LogP contribution is 2.30. The maximum atomic E-state index is 13.6. The highest BCUT2D eigenvalue weighted by atomic mass is 32.1. The molecule has 0 radical (unpaired) electrons. The van der Waals surface area contributed by atoms with Gasteiger partial charge in [-0.05, 0) is 50.1 Å². The molecule has 0 bridgehead atoms. The highest BCUT2D eigenvalue weighted by Gasteiger charge is 2.25. The summed E-state index contributed by atoms with van der Waals surface area (Å²) in [7, 11) is 0. The van der Waals surface area contributed by atoms with Gasteiger partial charge in [0, 0.05) is 5.56 Å². The van der Waals surface area contributed by atoms with Gasteiger partial charge in [0.2, 0.25) is 0 Å². The van der Waals surface area contributed by atoms with Gasteiger partial charge in [-0.3, -0.25) is 9.69 Å². The number of nitrogens with zero attached hydrogens (tertiary/aromatic N) is 2. The van der Waals surface area contributed by atoms with E-state index in [1.54, 1.807) is 11.3 Å². The average Bonchev–Trinajstić information content (AvgIpc) is 3.11. The number of rotatable bonds is 5. The molecular formula is C23H28N3O2S+. The van der Waals surface area contributed by atoms with Crippen molar-refractivity contribution in [1.29, 1.82) is 0 Å². The number of morpholine rings is 1. The van der Waals surface area contributed by atoms with E-state index in [4.69, 9.17) is 9.72 Å². The number of ether oxygens (including phenoxy) is 1. The van der Waals surface area contributed by atoms with Crippen molar-refractivity contribution in [2.75, 3.05) is 44.3 Å². The molecule has 0 saturated carbocycles. The van der Waals surface area contributed by atoms with Crippen LogP contribution >= 0.6 is 11.3 Å². The number of aryl methyl sites for hydroxylation is 3. The standard InChI is InChI=1S/C23H27N3O2S/c1-16-4-6-19(18(3)14-16)22(27)26(9-8-25-10-12-28-13-11-25)23-24-20-7-5-17(2)15-21(20)29-23/h4-7,14-15H,8-13H2,1-3H3/p+1. The minimum Gasteiger partial charge on any atom is -0.370 e. The maximum Gasteiger partial charge on any atom is 0.260 e. The molecule has 29 heavy (non-hydrogen) atoms. The summed E-state index contributed by atoms with van der Waals surface area (Å²) in [5.74, 6) is 0.0333. The Morgan fingerprint density at radius 1 is 1.10 bits per heavy atom. The number of benzene rings is 2. The third kappa shape index (κ3) is 4.50. The summed E-state index contributed by atoms with van der Waals surface area (Å²) in [6.45, 7) is 11.3. The van der Waals surface area contributed by atoms with E-state index >= 15 is 0 Å². The first-order chi connectivity index (χ1) is 14.0. The second-order valence-electron chi connectivity index (χ2n) is 7.86. The lowest BCUT2D eigenvalue weighted by Crippen LogP contribution is -3.14. The summed E-state index contributed by atoms with van der Waals surface area (Å²) in [4.78, 5) is 21.7. The molecule has 0 atom stereocenters. The van der Waals surface area contributed by atoms with Crippen LogP contribution in [-0.4, -0.2) is 50.3 Å². The van der Waals surface area contributed by atoms with Crippen LogP contribution in [-0.2, 0) is 4.74 Å². The second-order valence-corrected chi connectivity index (χ2v) is 8.86. The Hall–Kier alpha value is -2.28. The lowest BCUT2D eigenvalue weighted by Gasteiger charge is -2.27. The first-order valence-corrected chi connectivity index (χ1v) is 11.0. The normalized spacial score (nSPS) is 15.0. The molecule has 5 nitrogen and oxygen atoms in total. The predicted molar refractivity (Wildman–Crippen MR) is 118 cm³/mol. The molecule has 1 fully saturated rings. The fourth-order valence-electron chi connectivity index (χ4n) is 3.80. The van der Waals surface area contributed by atoms with Gasteiger partial charge in [0.1, 0.15) is 13.1 Å². The highest BCUT2D eigenvalue weighted by molar-refractivity contribution is 7.22. The van der Waals surface area contributed by atoms with E-state index in [0.717, 1.165) is 59.3 Å². The molecule has 1 aromatic heterocycles. The Balaban J connectivity index is 1.66. The van der Waals surface area contributed by atoms with Crippen molar-refractivity contribution in [3.63, 3.8) is 0 Å². The van der Waals surface area contributed by atoms with Crippen LogP contribution in [0.1, 0.15) is 27.0 Å². The van der Waals surface area contributed by atoms with Gasteiger partial charge in [-0.1, -0.05) is 35.1 Å². The Morgan fingerprint density at radius 2 is 1.83 bits per heavy atom. The minimum atomic E-state index is 0.0333. The molecule has 1 saturated heterocycles. The number of thiazole rings is 1. The molecule has 2 aromatic carbocycles. The molecule has 1 amide bonds. The van der Waals surface area contributed by atoms with Crippen molar-refractivity contribution in [2.24, 2.45) is 0 Å². The second kappa shape index (κ2) is 8.61. The fourth-order valence-corrected chi connectivity index (χ4v) is 4.89. The number of amides is 1. The number of nitrogens with one attached hydrogen (secondary N) is 1. The fraction of sp³-hybridized carbons (Fsp3) is 0.391. The van der Waals surface area contributed by atoms with Crippen molar-refractivity contribution in [3.8, 4) is 0 Å². The lowest BCUT2D eigenvalue weighted by atomic mass is 10.0. The number of hydrogen-bond donors (Lipinski definition) is 1. The molecule has 4 rings (SSSR count). The van der Waals surface area contributed by atoms with Gasteiger partial charge in [0.05, 0.1) is 36.5 Å². The van der Waals surface area contributed by atoms with Crippen molar-refractivity contribution in [2.45, 2.75) is 20.8 Å². The maximum absolute atomic E-state index is 13.6. The van der Waals surface area contributed by atoms with Gasteiger partial charge in [-0.2, -0.15) is 0 Å². The molecule has 152 valence electrons. The molecule has 1 N–H and O–H groups in total. The third-order valence-corrected chi connectivity index (χ3v) is 6.55. The van der Waals surface area contributed by atoms with E-state index < -0.39 is 0 Å². The number of carbonyl (C=O) groups excluding carboxylic acids is 1. The number of anilines is 1. The number of aromatic nitrogens is 1. The monoisotopic (exact) mass is 410 g/mol. The van der Waals surface area contributed by atoms with Gasteiger partial charge in [0.15, 0.2) is 5.13 Å². The van der Waals surface area contributed by atoms with E-state index in [2.05, 4.69) is 32.0 Å². The summed E-state index contributed by atoms with van der Waals surface area (Å²) < 4.78 is 6.60. The number of fused-ring (bicyclic) bond motifs is 1. The van der Waals surface area contributed by atoms with Crippen LogP contribution in [0.5, 0.6) is 0 Å². The first-order valence-electron chi connectivity index (χ1n) is 10.2. The number of quaternary nitrogens is 1. The Bertz CT molecular complexity index is 1020. The zero-order valence-electron chi connectivity index (χ0n) is 17.3. The summed E-state index contributed by atoms with van der Waals surface area (Å²) in [5.41, 5.74) is 5.09. The number of hydrogen-bond acceptors (Lipinski definition) is 4.